The number of hydrogen-bond acceptors (Lipinski definition) is 2. The summed E-state index contributed by atoms with van der Waals surface area (Å²) < 4.78 is 0. The van der Waals surface area contributed by atoms with Crippen LogP contribution in [-0.4, -0.2) is 24.4 Å². The molecule has 1 aromatic rings. The number of carbonyl (C=O) groups excluding carboxylic acids is 2. The zero-order chi connectivity index (χ0) is 14.7. The molecule has 2 fully saturated rings. The second-order valence-corrected chi connectivity index (χ2v) is 6.04. The molecular weight excluding hydrogens is 264 g/mol. The van der Waals surface area contributed by atoms with Gasteiger partial charge in [0.25, 0.3) is 0 Å². The van der Waals surface area contributed by atoms with E-state index in [1.165, 1.54) is 12.8 Å². The Morgan fingerprint density at radius 3 is 2.48 bits per heavy atom. The topological polar surface area (TPSA) is 49.4 Å². The van der Waals surface area contributed by atoms with Crippen molar-refractivity contribution in [2.45, 2.75) is 51.0 Å². The minimum absolute atomic E-state index is 0.104. The molecule has 2 aliphatic rings. The molecule has 4 nitrogen and oxygen atoms in total. The number of anilines is 1. The van der Waals surface area contributed by atoms with Crippen LogP contribution < -0.4 is 10.2 Å². The predicted octanol–water partition coefficient (Wildman–Crippen LogP) is 2.41. The number of nitrogens with one attached hydrogen (secondary N) is 1. The Balaban J connectivity index is 1.56. The Hall–Kier alpha value is -1.84. The highest BCUT2D eigenvalue weighted by molar-refractivity contribution is 5.95. The molecule has 4 heteroatoms. The first-order valence-corrected chi connectivity index (χ1v) is 7.91. The Labute approximate surface area is 125 Å². The first-order valence-electron chi connectivity index (χ1n) is 7.91. The van der Waals surface area contributed by atoms with Gasteiger partial charge < -0.3 is 10.2 Å². The van der Waals surface area contributed by atoms with Crippen LogP contribution in [0.2, 0.25) is 0 Å². The van der Waals surface area contributed by atoms with E-state index in [2.05, 4.69) is 5.32 Å². The lowest BCUT2D eigenvalue weighted by Crippen LogP contribution is -2.33. The lowest BCUT2D eigenvalue weighted by atomic mass is 10.1. The van der Waals surface area contributed by atoms with Crippen LogP contribution in [0.25, 0.3) is 0 Å². The average Bonchev–Trinajstić information content (AvgIpc) is 3.11. The van der Waals surface area contributed by atoms with Crippen molar-refractivity contribution in [3.8, 4) is 0 Å². The summed E-state index contributed by atoms with van der Waals surface area (Å²) in [5.74, 6) is 0.300. The van der Waals surface area contributed by atoms with Crippen molar-refractivity contribution < 1.29 is 9.59 Å². The van der Waals surface area contributed by atoms with Crippen LogP contribution in [0.5, 0.6) is 0 Å². The van der Waals surface area contributed by atoms with Gasteiger partial charge in [0.1, 0.15) is 0 Å². The largest absolute Gasteiger partial charge is 0.353 e. The summed E-state index contributed by atoms with van der Waals surface area (Å²) in [5.41, 5.74) is 1.94. The van der Waals surface area contributed by atoms with Gasteiger partial charge in [0.15, 0.2) is 0 Å². The van der Waals surface area contributed by atoms with E-state index in [-0.39, 0.29) is 11.8 Å². The molecule has 1 aliphatic heterocycles. The molecule has 0 unspecified atom stereocenters. The van der Waals surface area contributed by atoms with Crippen molar-refractivity contribution >= 4 is 17.5 Å². The van der Waals surface area contributed by atoms with Gasteiger partial charge in [0.2, 0.25) is 11.8 Å². The highest BCUT2D eigenvalue weighted by atomic mass is 16.2. The van der Waals surface area contributed by atoms with Crippen LogP contribution in [0.4, 0.5) is 5.69 Å². The first kappa shape index (κ1) is 14.1. The van der Waals surface area contributed by atoms with E-state index in [1.807, 2.05) is 29.2 Å². The van der Waals surface area contributed by atoms with Gasteiger partial charge in [-0.3, -0.25) is 9.59 Å². The van der Waals surface area contributed by atoms with E-state index in [9.17, 15) is 9.59 Å². The predicted molar refractivity (Wildman–Crippen MR) is 82.1 cm³/mol. The molecule has 0 radical (unpaired) electrons. The van der Waals surface area contributed by atoms with E-state index < -0.39 is 0 Å². The van der Waals surface area contributed by atoms with E-state index in [4.69, 9.17) is 0 Å². The molecule has 2 amide bonds. The maximum Gasteiger partial charge on any atom is 0.227 e. The minimum Gasteiger partial charge on any atom is -0.353 e. The Kier molecular flexibility index (Phi) is 4.23. The van der Waals surface area contributed by atoms with Crippen LogP contribution in [-0.2, 0) is 16.0 Å². The molecule has 0 atom stereocenters. The van der Waals surface area contributed by atoms with Gasteiger partial charge in [0, 0.05) is 24.7 Å². The fraction of sp³-hybridized carbons (Fsp3) is 0.529. The number of benzene rings is 1. The molecule has 1 saturated carbocycles. The zero-order valence-electron chi connectivity index (χ0n) is 12.3. The van der Waals surface area contributed by atoms with Crippen molar-refractivity contribution in [2.75, 3.05) is 11.4 Å². The molecular formula is C17H22N2O2. The smallest absolute Gasteiger partial charge is 0.227 e. The van der Waals surface area contributed by atoms with Gasteiger partial charge >= 0.3 is 0 Å². The highest BCUT2D eigenvalue weighted by Gasteiger charge is 2.21. The maximum absolute atomic E-state index is 12.0. The number of hydrogen-bond donors (Lipinski definition) is 1. The fourth-order valence-electron chi connectivity index (χ4n) is 3.25. The van der Waals surface area contributed by atoms with Crippen LogP contribution >= 0.6 is 0 Å². The van der Waals surface area contributed by atoms with E-state index in [0.29, 0.717) is 18.9 Å². The van der Waals surface area contributed by atoms with Crippen molar-refractivity contribution in [3.63, 3.8) is 0 Å². The van der Waals surface area contributed by atoms with Crippen LogP contribution in [0.15, 0.2) is 24.3 Å². The molecule has 1 N–H and O–H groups in total. The van der Waals surface area contributed by atoms with E-state index >= 15 is 0 Å². The van der Waals surface area contributed by atoms with Crippen molar-refractivity contribution in [3.05, 3.63) is 29.8 Å². The third-order valence-corrected chi connectivity index (χ3v) is 4.41. The molecule has 112 valence electrons. The average molecular weight is 286 g/mol. The van der Waals surface area contributed by atoms with Gasteiger partial charge in [-0.1, -0.05) is 25.0 Å². The van der Waals surface area contributed by atoms with Crippen molar-refractivity contribution in [1.29, 1.82) is 0 Å². The van der Waals surface area contributed by atoms with Crippen LogP contribution in [0.3, 0.4) is 0 Å². The normalized spacial score (nSPS) is 19.2. The van der Waals surface area contributed by atoms with E-state index in [1.54, 1.807) is 0 Å². The number of carbonyl (C=O) groups is 2. The monoisotopic (exact) mass is 286 g/mol. The molecule has 1 heterocycles. The molecule has 3 rings (SSSR count). The van der Waals surface area contributed by atoms with Gasteiger partial charge in [-0.2, -0.15) is 0 Å². The Morgan fingerprint density at radius 1 is 1.14 bits per heavy atom. The van der Waals surface area contributed by atoms with Crippen molar-refractivity contribution in [2.24, 2.45) is 0 Å². The summed E-state index contributed by atoms with van der Waals surface area (Å²) >= 11 is 0. The zero-order valence-corrected chi connectivity index (χ0v) is 12.3. The number of nitrogens with zero attached hydrogens (tertiary/aromatic N) is 1. The van der Waals surface area contributed by atoms with Gasteiger partial charge in [-0.25, -0.2) is 0 Å². The minimum atomic E-state index is 0.104. The second-order valence-electron chi connectivity index (χ2n) is 6.04. The standard InChI is InChI=1S/C17H22N2O2/c20-16(18-14-4-1-2-5-14)12-13-7-9-15(10-8-13)19-11-3-6-17(19)21/h7-10,14H,1-6,11-12H2,(H,18,20). The third kappa shape index (κ3) is 3.43. The summed E-state index contributed by atoms with van der Waals surface area (Å²) in [7, 11) is 0. The lowest BCUT2D eigenvalue weighted by Gasteiger charge is -2.16. The lowest BCUT2D eigenvalue weighted by molar-refractivity contribution is -0.121. The third-order valence-electron chi connectivity index (χ3n) is 4.41. The Bertz CT molecular complexity index is 518. The summed E-state index contributed by atoms with van der Waals surface area (Å²) in [5, 5.41) is 3.10. The van der Waals surface area contributed by atoms with Crippen molar-refractivity contribution in [1.82, 2.24) is 5.32 Å². The SMILES string of the molecule is O=C(Cc1ccc(N2CCCC2=O)cc1)NC1CCCC1. The van der Waals surface area contributed by atoms with Crippen LogP contribution in [0.1, 0.15) is 44.1 Å². The second kappa shape index (κ2) is 6.29. The number of rotatable bonds is 4. The highest BCUT2D eigenvalue weighted by Crippen LogP contribution is 2.22. The van der Waals surface area contributed by atoms with Gasteiger partial charge in [0.05, 0.1) is 6.42 Å². The summed E-state index contributed by atoms with van der Waals surface area (Å²) in [6, 6.07) is 8.17. The molecule has 21 heavy (non-hydrogen) atoms. The molecule has 1 aliphatic carbocycles. The summed E-state index contributed by atoms with van der Waals surface area (Å²) in [6.07, 6.45) is 6.68. The fourth-order valence-corrected chi connectivity index (χ4v) is 3.25. The Morgan fingerprint density at radius 2 is 1.86 bits per heavy atom. The first-order chi connectivity index (χ1) is 10.2. The van der Waals surface area contributed by atoms with Crippen LogP contribution in [0, 0.1) is 0 Å². The summed E-state index contributed by atoms with van der Waals surface area (Å²) in [6.45, 7) is 0.806. The molecule has 0 spiro atoms. The van der Waals surface area contributed by atoms with Gasteiger partial charge in [-0.15, -0.1) is 0 Å². The molecule has 0 bridgehead atoms. The quantitative estimate of drug-likeness (QED) is 0.924. The molecule has 1 saturated heterocycles. The molecule has 1 aromatic carbocycles. The number of amides is 2. The molecule has 0 aromatic heterocycles. The van der Waals surface area contributed by atoms with E-state index in [0.717, 1.165) is 37.1 Å². The summed E-state index contributed by atoms with van der Waals surface area (Å²) in [4.78, 5) is 25.5. The van der Waals surface area contributed by atoms with Gasteiger partial charge in [-0.05, 0) is 37.0 Å². The maximum atomic E-state index is 12.0.